The van der Waals surface area contributed by atoms with E-state index in [2.05, 4.69) is 5.32 Å². The average Bonchev–Trinajstić information content (AvgIpc) is 2.60. The Kier molecular flexibility index (Phi) is 6.74. The summed E-state index contributed by atoms with van der Waals surface area (Å²) in [6.45, 7) is 5.19. The summed E-state index contributed by atoms with van der Waals surface area (Å²) in [6.07, 6.45) is 2.18. The monoisotopic (exact) mass is 438 g/mol. The van der Waals surface area contributed by atoms with Crippen molar-refractivity contribution in [2.75, 3.05) is 23.4 Å². The van der Waals surface area contributed by atoms with Gasteiger partial charge in [0.2, 0.25) is 15.9 Å². The van der Waals surface area contributed by atoms with Gasteiger partial charge in [0.1, 0.15) is 6.54 Å². The van der Waals surface area contributed by atoms with Gasteiger partial charge >= 0.3 is 0 Å². The minimum atomic E-state index is -3.66. The molecule has 7 nitrogen and oxygen atoms in total. The number of sulfone groups is 1. The van der Waals surface area contributed by atoms with Crippen LogP contribution in [0.2, 0.25) is 0 Å². The summed E-state index contributed by atoms with van der Waals surface area (Å²) in [4.78, 5) is 12.7. The molecule has 0 heterocycles. The summed E-state index contributed by atoms with van der Waals surface area (Å²) in [5, 5.41) is 2.76. The van der Waals surface area contributed by atoms with Crippen molar-refractivity contribution in [3.05, 3.63) is 59.2 Å². The van der Waals surface area contributed by atoms with Crippen LogP contribution in [-0.4, -0.2) is 41.8 Å². The lowest BCUT2D eigenvalue weighted by atomic mass is 10.1. The second-order valence-corrected chi connectivity index (χ2v) is 11.1. The normalized spacial score (nSPS) is 13.0. The van der Waals surface area contributed by atoms with Crippen molar-refractivity contribution < 1.29 is 21.6 Å². The zero-order valence-corrected chi connectivity index (χ0v) is 18.8. The van der Waals surface area contributed by atoms with Crippen LogP contribution >= 0.6 is 0 Å². The number of hydrogen-bond acceptors (Lipinski definition) is 5. The molecule has 1 atom stereocenters. The van der Waals surface area contributed by atoms with Crippen LogP contribution in [0.3, 0.4) is 0 Å². The maximum atomic E-state index is 12.5. The fourth-order valence-electron chi connectivity index (χ4n) is 2.79. The van der Waals surface area contributed by atoms with E-state index >= 15 is 0 Å². The first-order chi connectivity index (χ1) is 13.3. The Balaban J connectivity index is 2.16. The summed E-state index contributed by atoms with van der Waals surface area (Å²) >= 11 is 0. The molecule has 0 aromatic heterocycles. The van der Waals surface area contributed by atoms with Gasteiger partial charge in [-0.15, -0.1) is 0 Å². The molecule has 158 valence electrons. The summed E-state index contributed by atoms with van der Waals surface area (Å²) in [5.74, 6) is -0.464. The van der Waals surface area contributed by atoms with Crippen molar-refractivity contribution in [3.8, 4) is 0 Å². The molecule has 29 heavy (non-hydrogen) atoms. The molecule has 0 aliphatic rings. The highest BCUT2D eigenvalue weighted by molar-refractivity contribution is 7.92. The van der Waals surface area contributed by atoms with Gasteiger partial charge in [-0.2, -0.15) is 0 Å². The van der Waals surface area contributed by atoms with Crippen molar-refractivity contribution in [2.45, 2.75) is 31.7 Å². The Morgan fingerprint density at radius 3 is 2.03 bits per heavy atom. The zero-order valence-electron chi connectivity index (χ0n) is 17.1. The van der Waals surface area contributed by atoms with E-state index in [1.807, 2.05) is 19.9 Å². The van der Waals surface area contributed by atoms with E-state index in [0.717, 1.165) is 27.9 Å². The van der Waals surface area contributed by atoms with E-state index in [1.54, 1.807) is 31.2 Å². The highest BCUT2D eigenvalue weighted by Gasteiger charge is 2.22. The number of sulfonamides is 1. The predicted molar refractivity (Wildman–Crippen MR) is 114 cm³/mol. The minimum absolute atomic E-state index is 0.192. The van der Waals surface area contributed by atoms with Gasteiger partial charge in [0.25, 0.3) is 0 Å². The van der Waals surface area contributed by atoms with E-state index in [-0.39, 0.29) is 11.4 Å². The molecule has 0 bridgehead atoms. The molecular formula is C20H26N2O5S2. The summed E-state index contributed by atoms with van der Waals surface area (Å²) in [6, 6.07) is 11.0. The fourth-order valence-corrected chi connectivity index (χ4v) is 4.26. The molecule has 0 fully saturated rings. The van der Waals surface area contributed by atoms with Gasteiger partial charge in [-0.1, -0.05) is 18.2 Å². The molecule has 2 rings (SSSR count). The Hall–Kier alpha value is -2.39. The van der Waals surface area contributed by atoms with Gasteiger partial charge in [0.15, 0.2) is 9.84 Å². The molecule has 0 radical (unpaired) electrons. The lowest BCUT2D eigenvalue weighted by molar-refractivity contribution is -0.120. The van der Waals surface area contributed by atoms with Crippen molar-refractivity contribution in [1.82, 2.24) is 5.32 Å². The van der Waals surface area contributed by atoms with Gasteiger partial charge in [0.05, 0.1) is 22.9 Å². The first-order valence-corrected chi connectivity index (χ1v) is 12.7. The van der Waals surface area contributed by atoms with Crippen LogP contribution in [0.1, 0.15) is 29.7 Å². The molecule has 2 aromatic carbocycles. The number of anilines is 1. The van der Waals surface area contributed by atoms with E-state index in [9.17, 15) is 21.6 Å². The van der Waals surface area contributed by atoms with Crippen molar-refractivity contribution >= 4 is 31.5 Å². The molecule has 0 spiro atoms. The number of hydrogen-bond donors (Lipinski definition) is 1. The maximum absolute atomic E-state index is 12.5. The number of carbonyl (C=O) groups is 1. The van der Waals surface area contributed by atoms with Crippen molar-refractivity contribution in [1.29, 1.82) is 0 Å². The van der Waals surface area contributed by atoms with E-state index < -0.39 is 31.8 Å². The number of nitrogens with zero attached hydrogens (tertiary/aromatic N) is 1. The lowest BCUT2D eigenvalue weighted by Crippen LogP contribution is -2.41. The Morgan fingerprint density at radius 2 is 1.55 bits per heavy atom. The van der Waals surface area contributed by atoms with Crippen LogP contribution in [0.4, 0.5) is 5.69 Å². The van der Waals surface area contributed by atoms with Crippen LogP contribution < -0.4 is 9.62 Å². The largest absolute Gasteiger partial charge is 0.348 e. The van der Waals surface area contributed by atoms with Crippen LogP contribution in [0.25, 0.3) is 0 Å². The average molecular weight is 439 g/mol. The fraction of sp³-hybridized carbons (Fsp3) is 0.350. The zero-order chi connectivity index (χ0) is 22.0. The van der Waals surface area contributed by atoms with Gasteiger partial charge in [-0.25, -0.2) is 16.8 Å². The van der Waals surface area contributed by atoms with Gasteiger partial charge in [0, 0.05) is 6.26 Å². The van der Waals surface area contributed by atoms with Crippen LogP contribution in [-0.2, 0) is 24.7 Å². The summed E-state index contributed by atoms with van der Waals surface area (Å²) in [5.41, 5.74) is 3.09. The van der Waals surface area contributed by atoms with E-state index in [4.69, 9.17) is 0 Å². The van der Waals surface area contributed by atoms with Crippen LogP contribution in [0, 0.1) is 13.8 Å². The number of amides is 1. The third kappa shape index (κ3) is 6.04. The highest BCUT2D eigenvalue weighted by Crippen LogP contribution is 2.21. The maximum Gasteiger partial charge on any atom is 0.241 e. The molecule has 1 N–H and O–H groups in total. The Morgan fingerprint density at radius 1 is 0.966 bits per heavy atom. The molecule has 9 heteroatoms. The van der Waals surface area contributed by atoms with Crippen LogP contribution in [0.5, 0.6) is 0 Å². The lowest BCUT2D eigenvalue weighted by Gasteiger charge is -2.24. The van der Waals surface area contributed by atoms with Gasteiger partial charge < -0.3 is 5.32 Å². The summed E-state index contributed by atoms with van der Waals surface area (Å²) < 4.78 is 48.7. The Labute approximate surface area is 172 Å². The van der Waals surface area contributed by atoms with Crippen LogP contribution in [0.15, 0.2) is 47.4 Å². The van der Waals surface area contributed by atoms with E-state index in [0.29, 0.717) is 11.3 Å². The number of rotatable bonds is 7. The first kappa shape index (κ1) is 22.9. The van der Waals surface area contributed by atoms with Gasteiger partial charge in [-0.05, 0) is 61.7 Å². The molecule has 0 saturated heterocycles. The molecule has 0 saturated carbocycles. The standard InChI is InChI=1S/C20H26N2O5S2/c1-14-6-9-18(12-15(14)2)22(29(5,26)27)13-20(23)21-16(3)17-7-10-19(11-8-17)28(4,24)25/h6-12,16H,13H2,1-5H3,(H,21,23)/t16-/m1/s1. The first-order valence-electron chi connectivity index (χ1n) is 8.93. The quantitative estimate of drug-likeness (QED) is 0.715. The van der Waals surface area contributed by atoms with Gasteiger partial charge in [-0.3, -0.25) is 9.10 Å². The van der Waals surface area contributed by atoms with Crippen molar-refractivity contribution in [3.63, 3.8) is 0 Å². The second kappa shape index (κ2) is 8.54. The van der Waals surface area contributed by atoms with Crippen molar-refractivity contribution in [2.24, 2.45) is 0 Å². The highest BCUT2D eigenvalue weighted by atomic mass is 32.2. The molecule has 0 aliphatic carbocycles. The Bertz CT molecular complexity index is 1110. The molecule has 0 unspecified atom stereocenters. The summed E-state index contributed by atoms with van der Waals surface area (Å²) in [7, 11) is -6.96. The van der Waals surface area contributed by atoms with E-state index in [1.165, 1.54) is 12.1 Å². The molecular weight excluding hydrogens is 412 g/mol. The predicted octanol–water partition coefficient (Wildman–Crippen LogP) is 2.35. The third-order valence-corrected chi connectivity index (χ3v) is 6.92. The number of carbonyl (C=O) groups excluding carboxylic acids is 1. The molecule has 1 amide bonds. The number of benzene rings is 2. The SMILES string of the molecule is Cc1ccc(N(CC(=O)N[C@H](C)c2ccc(S(C)(=O)=O)cc2)S(C)(=O)=O)cc1C. The molecule has 2 aromatic rings. The second-order valence-electron chi connectivity index (χ2n) is 7.17. The topological polar surface area (TPSA) is 101 Å². The smallest absolute Gasteiger partial charge is 0.241 e. The minimum Gasteiger partial charge on any atom is -0.348 e. The number of nitrogens with one attached hydrogen (secondary N) is 1. The molecule has 0 aliphatic heterocycles. The third-order valence-electron chi connectivity index (χ3n) is 4.65. The number of aryl methyl sites for hydroxylation is 2.